The Hall–Kier alpha value is -3.36. The fraction of sp³-hybridized carbons (Fsp3) is 0.523. The lowest BCUT2D eigenvalue weighted by Crippen LogP contribution is -2.51. The first-order chi connectivity index (χ1) is 26.4. The third kappa shape index (κ3) is 10.3. The molecule has 2 spiro atoms. The fourth-order valence-corrected chi connectivity index (χ4v) is 8.53. The number of carbonyl (C=O) groups excluding carboxylic acids is 3. The first-order valence-electron chi connectivity index (χ1n) is 20.0. The minimum absolute atomic E-state index is 0. The van der Waals surface area contributed by atoms with Crippen LogP contribution in [0.3, 0.4) is 0 Å². The van der Waals surface area contributed by atoms with E-state index in [2.05, 4.69) is 45.9 Å². The molecule has 0 radical (unpaired) electrons. The molecule has 4 aliphatic rings. The summed E-state index contributed by atoms with van der Waals surface area (Å²) in [7, 11) is 1.32. The van der Waals surface area contributed by atoms with Gasteiger partial charge in [0, 0.05) is 30.1 Å². The number of imidazole rings is 2. The van der Waals surface area contributed by atoms with Crippen molar-refractivity contribution in [3.05, 3.63) is 71.4 Å². The predicted octanol–water partition coefficient (Wildman–Crippen LogP) is 8.09. The van der Waals surface area contributed by atoms with Crippen molar-refractivity contribution in [1.29, 1.82) is 0 Å². The van der Waals surface area contributed by atoms with E-state index < -0.39 is 12.1 Å². The zero-order valence-electron chi connectivity index (χ0n) is 35.4. The fourth-order valence-electron chi connectivity index (χ4n) is 8.53. The highest BCUT2D eigenvalue weighted by molar-refractivity contribution is 7.60. The zero-order valence-corrected chi connectivity index (χ0v) is 40.4. The van der Waals surface area contributed by atoms with Gasteiger partial charge in [-0.3, -0.25) is 9.59 Å². The number of fused-ring (bicyclic) bond motifs is 1. The van der Waals surface area contributed by atoms with Gasteiger partial charge < -0.3 is 29.8 Å². The normalized spacial score (nSPS) is 20.2. The first kappa shape index (κ1) is 51.0. The number of amides is 3. The number of carbonyl (C=O) groups is 3. The standard InChI is InChI=1S/C44H53N7O4.5H2S/c1-7-27(4)37(49-42(54)55-6)41(53)51-25-43(16-17-43)21-35(51)38-45-23-34(48-38)31-13-10-29(11-14-31)8-9-30-12-15-32-33(20-30)47-39(46-32)36-22-44(18-19-44)24-50(36)40(52)28(5)26(2)3;;;;;/h10-15,20,23,26-28,35-37H,7,16-19,21-22,24-25H2,1-6H3,(H,45,48)(H,46,47)(H,49,54);5*1H2/t27-,28-,35-,36-,37-;;;;;/m0...../s1. The smallest absolute Gasteiger partial charge is 0.407 e. The maximum atomic E-state index is 14.0. The number of rotatable bonds is 9. The molecule has 0 unspecified atom stereocenters. The lowest BCUT2D eigenvalue weighted by Gasteiger charge is -2.31. The minimum Gasteiger partial charge on any atom is -0.453 e. The monoisotopic (exact) mass is 913 g/mol. The maximum absolute atomic E-state index is 14.0. The molecule has 328 valence electrons. The Balaban J connectivity index is 0.00000192. The van der Waals surface area contributed by atoms with Crippen LogP contribution in [0.25, 0.3) is 22.3 Å². The van der Waals surface area contributed by atoms with E-state index in [1.807, 2.05) is 74.3 Å². The number of H-pyrrole nitrogens is 2. The summed E-state index contributed by atoms with van der Waals surface area (Å²) in [6.45, 7) is 11.8. The molecule has 3 N–H and O–H groups in total. The van der Waals surface area contributed by atoms with Crippen molar-refractivity contribution in [2.45, 2.75) is 97.7 Å². The molecule has 16 heteroatoms. The third-order valence-corrected chi connectivity index (χ3v) is 13.1. The summed E-state index contributed by atoms with van der Waals surface area (Å²) in [4.78, 5) is 60.5. The molecular formula is C44H63N7O4S5. The van der Waals surface area contributed by atoms with Crippen molar-refractivity contribution in [3.8, 4) is 23.1 Å². The van der Waals surface area contributed by atoms with E-state index in [-0.39, 0.29) is 114 Å². The van der Waals surface area contributed by atoms with Crippen molar-refractivity contribution in [3.63, 3.8) is 0 Å². The Morgan fingerprint density at radius 2 is 1.38 bits per heavy atom. The van der Waals surface area contributed by atoms with Gasteiger partial charge in [-0.1, -0.05) is 65.0 Å². The molecule has 0 bridgehead atoms. The van der Waals surface area contributed by atoms with E-state index in [1.54, 1.807) is 0 Å². The Morgan fingerprint density at radius 1 is 0.817 bits per heavy atom. The summed E-state index contributed by atoms with van der Waals surface area (Å²) >= 11 is 0. The number of hydrogen-bond acceptors (Lipinski definition) is 6. The van der Waals surface area contributed by atoms with Crippen molar-refractivity contribution >= 4 is 96.4 Å². The van der Waals surface area contributed by atoms with Crippen LogP contribution in [0.5, 0.6) is 0 Å². The Labute approximate surface area is 389 Å². The van der Waals surface area contributed by atoms with Crippen LogP contribution >= 0.6 is 67.5 Å². The molecule has 2 saturated carbocycles. The third-order valence-electron chi connectivity index (χ3n) is 13.1. The van der Waals surface area contributed by atoms with Gasteiger partial charge in [-0.15, -0.1) is 0 Å². The van der Waals surface area contributed by atoms with Crippen LogP contribution in [0.1, 0.15) is 114 Å². The number of nitrogens with one attached hydrogen (secondary N) is 3. The number of methoxy groups -OCH3 is 1. The highest BCUT2D eigenvalue weighted by Crippen LogP contribution is 2.59. The predicted molar refractivity (Wildman–Crippen MR) is 262 cm³/mol. The molecule has 5 atom stereocenters. The van der Waals surface area contributed by atoms with E-state index in [4.69, 9.17) is 14.7 Å². The van der Waals surface area contributed by atoms with Crippen LogP contribution in [0.15, 0.2) is 48.7 Å². The number of alkyl carbamates (subject to hydrolysis) is 1. The number of likely N-dealkylation sites (tertiary alicyclic amines) is 2. The van der Waals surface area contributed by atoms with Gasteiger partial charge in [0.05, 0.1) is 42.1 Å². The average molecular weight is 914 g/mol. The summed E-state index contributed by atoms with van der Waals surface area (Å²) in [5.74, 6) is 8.64. The van der Waals surface area contributed by atoms with Crippen LogP contribution in [0.2, 0.25) is 0 Å². The van der Waals surface area contributed by atoms with Crippen molar-refractivity contribution in [2.75, 3.05) is 20.2 Å². The molecule has 4 fully saturated rings. The highest BCUT2D eigenvalue weighted by Gasteiger charge is 2.56. The van der Waals surface area contributed by atoms with E-state index in [1.165, 1.54) is 20.0 Å². The summed E-state index contributed by atoms with van der Waals surface area (Å²) in [5, 5.41) is 2.79. The second kappa shape index (κ2) is 20.2. The molecule has 2 aliphatic heterocycles. The Morgan fingerprint density at radius 3 is 1.95 bits per heavy atom. The molecule has 3 amide bonds. The lowest BCUT2D eigenvalue weighted by molar-refractivity contribution is -0.137. The van der Waals surface area contributed by atoms with Crippen LogP contribution in [0, 0.1) is 40.4 Å². The van der Waals surface area contributed by atoms with E-state index in [9.17, 15) is 14.4 Å². The molecule has 2 aliphatic carbocycles. The van der Waals surface area contributed by atoms with Crippen LogP contribution in [0.4, 0.5) is 4.79 Å². The number of nitrogens with zero attached hydrogens (tertiary/aromatic N) is 4. The number of aromatic nitrogens is 4. The average Bonchev–Trinajstić information content (AvgIpc) is 3.80. The SMILES string of the molecule is CC[C@H](C)[C@H](NC(=O)OC)C(=O)N1CC2(CC2)C[C@H]1c1ncc(-c2ccc(C#Cc3ccc4nc([C@@H]5CC6(CC6)CN5C(=O)[C@@H](C)C(C)C)[nH]c4c3)cc2)[nH]1.S.S.S.S.S. The van der Waals surface area contributed by atoms with Gasteiger partial charge in [0.15, 0.2) is 0 Å². The molecule has 4 aromatic rings. The van der Waals surface area contributed by atoms with Crippen molar-refractivity contribution < 1.29 is 19.1 Å². The second-order valence-corrected chi connectivity index (χ2v) is 17.3. The molecule has 8 rings (SSSR count). The van der Waals surface area contributed by atoms with Crippen molar-refractivity contribution in [2.24, 2.45) is 28.6 Å². The van der Waals surface area contributed by atoms with Gasteiger partial charge in [-0.25, -0.2) is 14.8 Å². The van der Waals surface area contributed by atoms with Gasteiger partial charge in [-0.05, 0) is 97.1 Å². The molecule has 2 aromatic heterocycles. The van der Waals surface area contributed by atoms with Gasteiger partial charge in [0.1, 0.15) is 17.7 Å². The number of hydrogen-bond donors (Lipinski definition) is 3. The van der Waals surface area contributed by atoms with Crippen molar-refractivity contribution in [1.82, 2.24) is 35.1 Å². The quantitative estimate of drug-likeness (QED) is 0.145. The molecule has 60 heavy (non-hydrogen) atoms. The zero-order chi connectivity index (χ0) is 38.6. The second-order valence-electron chi connectivity index (χ2n) is 17.3. The van der Waals surface area contributed by atoms with Gasteiger partial charge in [0.25, 0.3) is 0 Å². The minimum atomic E-state index is -0.663. The molecule has 4 heterocycles. The largest absolute Gasteiger partial charge is 0.453 e. The van der Waals surface area contributed by atoms with Crippen LogP contribution < -0.4 is 5.32 Å². The summed E-state index contributed by atoms with van der Waals surface area (Å²) in [6, 6.07) is 13.3. The number of ether oxygens (including phenoxy) is 1. The van der Waals surface area contributed by atoms with E-state index >= 15 is 0 Å². The number of benzene rings is 2. The maximum Gasteiger partial charge on any atom is 0.407 e. The number of aromatic amines is 2. The van der Waals surface area contributed by atoms with E-state index in [0.717, 1.165) is 83.7 Å². The van der Waals surface area contributed by atoms with Gasteiger partial charge >= 0.3 is 6.09 Å². The topological polar surface area (TPSA) is 136 Å². The summed E-state index contributed by atoms with van der Waals surface area (Å²) < 4.78 is 4.85. The summed E-state index contributed by atoms with van der Waals surface area (Å²) in [5.41, 5.74) is 5.84. The van der Waals surface area contributed by atoms with Gasteiger partial charge in [-0.2, -0.15) is 67.5 Å². The van der Waals surface area contributed by atoms with Gasteiger partial charge in [0.2, 0.25) is 11.8 Å². The molecule has 2 aromatic carbocycles. The lowest BCUT2D eigenvalue weighted by atomic mass is 9.96. The molecule has 2 saturated heterocycles. The summed E-state index contributed by atoms with van der Waals surface area (Å²) in [6.07, 6.45) is 8.38. The highest BCUT2D eigenvalue weighted by atomic mass is 32.1. The Bertz CT molecular complexity index is 2190. The first-order valence-corrected chi connectivity index (χ1v) is 20.0. The Kier molecular flexibility index (Phi) is 17.2. The molecule has 11 nitrogen and oxygen atoms in total. The molecular weight excluding hydrogens is 851 g/mol. The van der Waals surface area contributed by atoms with Crippen LogP contribution in [-0.2, 0) is 14.3 Å². The van der Waals surface area contributed by atoms with Crippen LogP contribution in [-0.4, -0.2) is 73.9 Å². The van der Waals surface area contributed by atoms with E-state index in [0.29, 0.717) is 12.5 Å².